The second-order valence-electron chi connectivity index (χ2n) is 4.39. The van der Waals surface area contributed by atoms with Gasteiger partial charge in [-0.05, 0) is 18.2 Å². The summed E-state index contributed by atoms with van der Waals surface area (Å²) in [4.78, 5) is 14.2. The predicted octanol–water partition coefficient (Wildman–Crippen LogP) is 0.612. The molecule has 1 aromatic carbocycles. The van der Waals surface area contributed by atoms with E-state index in [0.29, 0.717) is 6.54 Å². The highest BCUT2D eigenvalue weighted by Crippen LogP contribution is 2.33. The first kappa shape index (κ1) is 11.8. The number of anilines is 1. The van der Waals surface area contributed by atoms with Gasteiger partial charge in [0, 0.05) is 12.2 Å². The van der Waals surface area contributed by atoms with E-state index in [1.165, 1.54) is 0 Å². The summed E-state index contributed by atoms with van der Waals surface area (Å²) in [6.07, 6.45) is 3.83. The monoisotopic (exact) mass is 257 g/mol. The summed E-state index contributed by atoms with van der Waals surface area (Å²) in [7, 11) is 0. The fourth-order valence-corrected chi connectivity index (χ4v) is 2.44. The molecule has 0 saturated carbocycles. The Hall–Kier alpha value is -2.27. The number of para-hydroxylation sites is 1. The Labute approximate surface area is 111 Å². The topological polar surface area (TPSA) is 55.8 Å². The van der Waals surface area contributed by atoms with Gasteiger partial charge in [0.05, 0.1) is 12.2 Å². The number of nitrogens with zero attached hydrogens (tertiary/aromatic N) is 2. The van der Waals surface area contributed by atoms with Crippen LogP contribution >= 0.6 is 0 Å². The van der Waals surface area contributed by atoms with Crippen LogP contribution in [-0.4, -0.2) is 35.7 Å². The molecule has 1 atom stereocenters. The van der Waals surface area contributed by atoms with E-state index in [1.54, 1.807) is 9.80 Å². The van der Waals surface area contributed by atoms with Gasteiger partial charge in [-0.2, -0.15) is 0 Å². The van der Waals surface area contributed by atoms with Crippen LogP contribution in [-0.2, 0) is 4.79 Å². The van der Waals surface area contributed by atoms with E-state index < -0.39 is 6.35 Å². The van der Waals surface area contributed by atoms with Crippen LogP contribution in [0, 0.1) is 0 Å². The molecule has 98 valence electrons. The number of nitrogens with one attached hydrogen (secondary N) is 1. The molecule has 2 N–H and O–H groups in total. The van der Waals surface area contributed by atoms with E-state index in [9.17, 15) is 9.90 Å². The number of carbonyl (C=O) groups is 1. The lowest BCUT2D eigenvalue weighted by Crippen LogP contribution is -2.42. The fraction of sp³-hybridized carbons (Fsp3) is 0.214. The van der Waals surface area contributed by atoms with Gasteiger partial charge in [-0.1, -0.05) is 24.3 Å². The summed E-state index contributed by atoms with van der Waals surface area (Å²) in [6, 6.07) is 9.63. The summed E-state index contributed by atoms with van der Waals surface area (Å²) in [5.41, 5.74) is 1.73. The van der Waals surface area contributed by atoms with E-state index >= 15 is 0 Å². The average Bonchev–Trinajstić information content (AvgIpc) is 2.73. The molecule has 0 fully saturated rings. The van der Waals surface area contributed by atoms with Gasteiger partial charge in [-0.25, -0.2) is 0 Å². The van der Waals surface area contributed by atoms with Crippen LogP contribution in [0.25, 0.3) is 0 Å². The molecule has 1 aromatic rings. The van der Waals surface area contributed by atoms with Crippen LogP contribution in [0.4, 0.5) is 5.69 Å². The number of aliphatic hydroxyl groups excluding tert-OH is 1. The maximum absolute atomic E-state index is 10.8. The first-order chi connectivity index (χ1) is 9.33. The molecule has 2 heterocycles. The van der Waals surface area contributed by atoms with E-state index in [2.05, 4.69) is 5.32 Å². The van der Waals surface area contributed by atoms with Crippen molar-refractivity contribution in [3.63, 3.8) is 0 Å². The zero-order chi connectivity index (χ0) is 13.2. The van der Waals surface area contributed by atoms with Gasteiger partial charge >= 0.3 is 0 Å². The molecule has 5 heteroatoms. The molecule has 2 aliphatic heterocycles. The number of carbonyl (C=O) groups excluding carboxylic acids is 1. The molecule has 0 aromatic heterocycles. The minimum atomic E-state index is -0.868. The minimum absolute atomic E-state index is 0.162. The van der Waals surface area contributed by atoms with Crippen molar-refractivity contribution >= 4 is 12.0 Å². The molecule has 0 spiro atoms. The molecule has 5 nitrogen and oxygen atoms in total. The van der Waals surface area contributed by atoms with Crippen molar-refractivity contribution < 1.29 is 9.90 Å². The molecule has 1 unspecified atom stereocenters. The van der Waals surface area contributed by atoms with Crippen molar-refractivity contribution in [3.8, 4) is 0 Å². The molecule has 2 aliphatic rings. The maximum atomic E-state index is 10.8. The number of benzene rings is 1. The molecular weight excluding hydrogens is 242 g/mol. The van der Waals surface area contributed by atoms with Crippen LogP contribution in [0.5, 0.6) is 0 Å². The van der Waals surface area contributed by atoms with Crippen molar-refractivity contribution in [3.05, 3.63) is 54.0 Å². The van der Waals surface area contributed by atoms with Crippen LogP contribution in [0.3, 0.4) is 0 Å². The Morgan fingerprint density at radius 3 is 2.89 bits per heavy atom. The Kier molecular flexibility index (Phi) is 2.97. The molecular formula is C14H15N3O2. The second kappa shape index (κ2) is 4.78. The molecule has 0 saturated heterocycles. The van der Waals surface area contributed by atoms with Gasteiger partial charge in [0.2, 0.25) is 6.35 Å². The predicted molar refractivity (Wildman–Crippen MR) is 71.9 cm³/mol. The SMILES string of the molecule is O=CCN1C2=C(NCC=C2)N(c2ccccc2)C1O. The number of aliphatic hydroxyl groups is 1. The van der Waals surface area contributed by atoms with Gasteiger partial charge in [-0.3, -0.25) is 4.90 Å². The molecule has 0 amide bonds. The summed E-state index contributed by atoms with van der Waals surface area (Å²) >= 11 is 0. The standard InChI is InChI=1S/C14H15N3O2/c18-10-9-16-12-7-4-8-15-13(12)17(14(16)19)11-5-2-1-3-6-11/h1-7,10,14-15,19H,8-9H2. The second-order valence-corrected chi connectivity index (χ2v) is 4.39. The summed E-state index contributed by atoms with van der Waals surface area (Å²) < 4.78 is 0. The number of allylic oxidation sites excluding steroid dienone is 1. The summed E-state index contributed by atoms with van der Waals surface area (Å²) in [6.45, 7) is 0.874. The van der Waals surface area contributed by atoms with Gasteiger partial charge in [-0.15, -0.1) is 0 Å². The fourth-order valence-electron chi connectivity index (χ4n) is 2.44. The first-order valence-electron chi connectivity index (χ1n) is 6.20. The third-order valence-corrected chi connectivity index (χ3v) is 3.27. The van der Waals surface area contributed by atoms with E-state index in [0.717, 1.165) is 23.5 Å². The zero-order valence-electron chi connectivity index (χ0n) is 10.4. The number of hydrogen-bond acceptors (Lipinski definition) is 5. The van der Waals surface area contributed by atoms with Gasteiger partial charge in [0.25, 0.3) is 0 Å². The first-order valence-corrected chi connectivity index (χ1v) is 6.20. The maximum Gasteiger partial charge on any atom is 0.213 e. The van der Waals surface area contributed by atoms with Gasteiger partial charge < -0.3 is 20.1 Å². The molecule has 0 aliphatic carbocycles. The molecule has 3 rings (SSSR count). The lowest BCUT2D eigenvalue weighted by atomic mass is 10.2. The number of hydrogen-bond donors (Lipinski definition) is 2. The summed E-state index contributed by atoms with van der Waals surface area (Å²) in [5.74, 6) is 0.836. The highest BCUT2D eigenvalue weighted by Gasteiger charge is 2.37. The Bertz CT molecular complexity index is 539. The van der Waals surface area contributed by atoms with E-state index in [-0.39, 0.29) is 6.54 Å². The van der Waals surface area contributed by atoms with Crippen molar-refractivity contribution in [2.75, 3.05) is 18.0 Å². The molecule has 19 heavy (non-hydrogen) atoms. The Morgan fingerprint density at radius 1 is 1.37 bits per heavy atom. The van der Waals surface area contributed by atoms with Crippen molar-refractivity contribution in [1.82, 2.24) is 10.2 Å². The minimum Gasteiger partial charge on any atom is -0.366 e. The zero-order valence-corrected chi connectivity index (χ0v) is 10.4. The van der Waals surface area contributed by atoms with Crippen molar-refractivity contribution in [2.45, 2.75) is 6.35 Å². The largest absolute Gasteiger partial charge is 0.366 e. The van der Waals surface area contributed by atoms with Gasteiger partial charge in [0.15, 0.2) is 0 Å². The van der Waals surface area contributed by atoms with Crippen LogP contribution in [0.2, 0.25) is 0 Å². The average molecular weight is 257 g/mol. The van der Waals surface area contributed by atoms with Gasteiger partial charge in [0.1, 0.15) is 12.1 Å². The van der Waals surface area contributed by atoms with Crippen LogP contribution in [0.1, 0.15) is 0 Å². The third-order valence-electron chi connectivity index (χ3n) is 3.27. The highest BCUT2D eigenvalue weighted by molar-refractivity contribution is 5.60. The number of rotatable bonds is 3. The van der Waals surface area contributed by atoms with Crippen LogP contribution < -0.4 is 10.2 Å². The highest BCUT2D eigenvalue weighted by atomic mass is 16.3. The Balaban J connectivity index is 2.03. The molecule has 0 bridgehead atoms. The van der Waals surface area contributed by atoms with E-state index in [1.807, 2.05) is 42.5 Å². The van der Waals surface area contributed by atoms with Crippen molar-refractivity contribution in [2.24, 2.45) is 0 Å². The number of dihydropyridines is 1. The number of aldehydes is 1. The lowest BCUT2D eigenvalue weighted by molar-refractivity contribution is -0.110. The quantitative estimate of drug-likeness (QED) is 0.777. The third kappa shape index (κ3) is 1.88. The normalized spacial score (nSPS) is 21.4. The van der Waals surface area contributed by atoms with Crippen molar-refractivity contribution in [1.29, 1.82) is 0 Å². The lowest BCUT2D eigenvalue weighted by Gasteiger charge is -2.29. The van der Waals surface area contributed by atoms with E-state index in [4.69, 9.17) is 0 Å². The van der Waals surface area contributed by atoms with Crippen LogP contribution in [0.15, 0.2) is 54.0 Å². The molecule has 0 radical (unpaired) electrons. The Morgan fingerprint density at radius 2 is 2.16 bits per heavy atom. The smallest absolute Gasteiger partial charge is 0.213 e. The summed E-state index contributed by atoms with van der Waals surface area (Å²) in [5, 5.41) is 13.7.